The van der Waals surface area contributed by atoms with E-state index in [0.29, 0.717) is 45.7 Å². The molecule has 0 fully saturated rings. The Morgan fingerprint density at radius 1 is 0.660 bits per heavy atom. The summed E-state index contributed by atoms with van der Waals surface area (Å²) in [5, 5.41) is 47.9. The number of hydrogen-bond acceptors (Lipinski definition) is 10. The highest BCUT2D eigenvalue weighted by Crippen LogP contribution is 2.48. The van der Waals surface area contributed by atoms with Gasteiger partial charge in [-0.15, -0.1) is 30.7 Å². The zero-order chi connectivity index (χ0) is 35.6. The maximum atomic E-state index is 8.04. The van der Waals surface area contributed by atoms with Crippen LogP contribution in [0.1, 0.15) is 110 Å². The van der Waals surface area contributed by atoms with E-state index in [0.717, 1.165) is 11.4 Å². The van der Waals surface area contributed by atoms with Gasteiger partial charge in [-0.25, -0.2) is 19.7 Å². The first-order valence-electron chi connectivity index (χ1n) is 15.6. The Labute approximate surface area is 288 Å². The quantitative estimate of drug-likeness (QED) is 0.0957. The molecule has 0 saturated heterocycles. The van der Waals surface area contributed by atoms with E-state index in [1.807, 2.05) is 62.3 Å². The second-order valence-corrected chi connectivity index (χ2v) is 14.6. The largest absolute Gasteiger partial charge is 0.292 e. The highest BCUT2D eigenvalue weighted by molar-refractivity contribution is 5.72. The number of H-pyrrole nitrogens is 4. The molecule has 0 spiro atoms. The average Bonchev–Trinajstić information content (AvgIpc) is 3.84. The van der Waals surface area contributed by atoms with Crippen LogP contribution in [0.2, 0.25) is 0 Å². The minimum absolute atomic E-state index is 0. The third-order valence-corrected chi connectivity index (χ3v) is 8.60. The van der Waals surface area contributed by atoms with E-state index in [1.54, 1.807) is 23.1 Å². The van der Waals surface area contributed by atoms with E-state index in [4.69, 9.17) is 13.1 Å². The Morgan fingerprint density at radius 3 is 1.54 bits per heavy atom. The van der Waals surface area contributed by atoms with Crippen molar-refractivity contribution in [3.63, 3.8) is 0 Å². The fraction of sp³-hybridized carbons (Fsp3) is 0.500. The summed E-state index contributed by atoms with van der Waals surface area (Å²) >= 11 is 0. The van der Waals surface area contributed by atoms with Crippen LogP contribution in [0.3, 0.4) is 0 Å². The summed E-state index contributed by atoms with van der Waals surface area (Å²) in [4.78, 5) is 16.6. The molecule has 1 unspecified atom stereocenters. The van der Waals surface area contributed by atoms with Crippen molar-refractivity contribution in [1.82, 2.24) is 60.0 Å². The third kappa shape index (κ3) is 5.82. The van der Waals surface area contributed by atoms with Gasteiger partial charge < -0.3 is 0 Å². The van der Waals surface area contributed by atoms with E-state index in [-0.39, 0.29) is 47.2 Å². The van der Waals surface area contributed by atoms with Gasteiger partial charge in [-0.05, 0) is 19.8 Å². The molecule has 0 aliphatic rings. The maximum Gasteiger partial charge on any atom is 0.255 e. The van der Waals surface area contributed by atoms with Gasteiger partial charge in [0, 0.05) is 21.9 Å². The van der Waals surface area contributed by atoms with Crippen LogP contribution in [0.4, 0.5) is 34.4 Å². The Balaban J connectivity index is 0.00000486. The van der Waals surface area contributed by atoms with Gasteiger partial charge in [0.25, 0.3) is 11.4 Å². The Kier molecular flexibility index (Phi) is 8.56. The first-order chi connectivity index (χ1) is 22.9. The molecule has 6 aromatic rings. The molecule has 4 N–H and O–H groups in total. The number of hydrogen-bond donors (Lipinski definition) is 4. The van der Waals surface area contributed by atoms with Gasteiger partial charge >= 0.3 is 0 Å². The lowest BCUT2D eigenvalue weighted by Crippen LogP contribution is -2.26. The van der Waals surface area contributed by atoms with E-state index >= 15 is 0 Å². The monoisotopic (exact) mass is 678 g/mol. The lowest BCUT2D eigenvalue weighted by atomic mass is 9.74. The second kappa shape index (κ2) is 12.1. The first kappa shape index (κ1) is 35.3. The SMILES string of the molecule is C.[C-]#[N+]c1c(N=Nc2c(C(C)(C)C)[nH]n3nc(C)nc23)n[nH]c1C(C)C(C)(C)c1[nH]nc(N=Nc2c(C(C)(C)C)[nH]n3nc(C)nc23)c1[N+]#[C-]. The summed E-state index contributed by atoms with van der Waals surface area (Å²) in [6.45, 7) is 37.8. The average molecular weight is 679 g/mol. The highest BCUT2D eigenvalue weighted by atomic mass is 15.5. The zero-order valence-electron chi connectivity index (χ0n) is 29.3. The molecule has 0 bridgehead atoms. The van der Waals surface area contributed by atoms with Gasteiger partial charge in [0.05, 0.1) is 30.2 Å². The molecule has 18 nitrogen and oxygen atoms in total. The van der Waals surface area contributed by atoms with Gasteiger partial charge in [-0.3, -0.25) is 20.4 Å². The van der Waals surface area contributed by atoms with Crippen LogP contribution < -0.4 is 0 Å². The van der Waals surface area contributed by atoms with Crippen LogP contribution in [0.5, 0.6) is 0 Å². The fourth-order valence-electron chi connectivity index (χ4n) is 5.61. The maximum absolute atomic E-state index is 8.04. The molecule has 18 heteroatoms. The Hall–Kier alpha value is -6.04. The van der Waals surface area contributed by atoms with Crippen molar-refractivity contribution < 1.29 is 0 Å². The molecule has 6 aromatic heterocycles. The van der Waals surface area contributed by atoms with Crippen molar-refractivity contribution in [3.05, 3.63) is 57.3 Å². The molecule has 1 atom stereocenters. The smallest absolute Gasteiger partial charge is 0.255 e. The summed E-state index contributed by atoms with van der Waals surface area (Å²) in [5.41, 5.74) is 3.90. The molecule has 0 aliphatic heterocycles. The molecule has 0 aromatic carbocycles. The van der Waals surface area contributed by atoms with Crippen LogP contribution in [-0.2, 0) is 16.2 Å². The number of aryl methyl sites for hydroxylation is 2. The minimum atomic E-state index is -0.742. The van der Waals surface area contributed by atoms with E-state index in [2.05, 4.69) is 80.9 Å². The van der Waals surface area contributed by atoms with Crippen molar-refractivity contribution in [1.29, 1.82) is 0 Å². The van der Waals surface area contributed by atoms with E-state index < -0.39 is 5.41 Å². The molecule has 50 heavy (non-hydrogen) atoms. The van der Waals surface area contributed by atoms with Gasteiger partial charge in [-0.2, -0.15) is 19.5 Å². The molecular weight excluding hydrogens is 636 g/mol. The number of nitrogens with zero attached hydrogens (tertiary/aromatic N) is 14. The standard InChI is InChI=1S/C31H38N18.CH4/c1-14(17-18(32-12)25(40-36-17)41-37-20-22(29(4,5)6)46-48-27(20)34-15(2)44-48)31(10,11)24-19(33-13)26(43-39-24)42-38-21-23(30(7,8)9)47-49-28(21)35-16(3)45-49;/h14,46-47H,1-11H3,(H,36,40)(H,39,43);1H4. The summed E-state index contributed by atoms with van der Waals surface area (Å²) in [7, 11) is 0. The summed E-state index contributed by atoms with van der Waals surface area (Å²) < 4.78 is 3.15. The normalized spacial score (nSPS) is 13.5. The molecular formula is C32H42N18. The number of aromatic amines is 4. The number of azo groups is 2. The van der Waals surface area contributed by atoms with Gasteiger partial charge in [0.1, 0.15) is 11.6 Å². The number of rotatable bonds is 7. The predicted molar refractivity (Wildman–Crippen MR) is 188 cm³/mol. The number of aromatic nitrogens is 12. The lowest BCUT2D eigenvalue weighted by molar-refractivity contribution is 0.418. The molecule has 6 heterocycles. The van der Waals surface area contributed by atoms with Crippen LogP contribution in [0, 0.1) is 27.0 Å². The van der Waals surface area contributed by atoms with Gasteiger partial charge in [0.15, 0.2) is 11.4 Å². The second-order valence-electron chi connectivity index (χ2n) is 14.6. The van der Waals surface area contributed by atoms with Crippen molar-refractivity contribution >= 4 is 45.7 Å². The van der Waals surface area contributed by atoms with Crippen molar-refractivity contribution in [2.75, 3.05) is 0 Å². The summed E-state index contributed by atoms with van der Waals surface area (Å²) in [6.07, 6.45) is 0. The van der Waals surface area contributed by atoms with Crippen LogP contribution in [0.15, 0.2) is 20.5 Å². The zero-order valence-corrected chi connectivity index (χ0v) is 29.3. The lowest BCUT2D eigenvalue weighted by Gasteiger charge is -2.31. The Bertz CT molecular complexity index is 2350. The first-order valence-corrected chi connectivity index (χ1v) is 15.6. The highest BCUT2D eigenvalue weighted by Gasteiger charge is 2.37. The van der Waals surface area contributed by atoms with E-state index in [1.165, 1.54) is 0 Å². The summed E-state index contributed by atoms with van der Waals surface area (Å²) in [5.74, 6) is 1.11. The topological polar surface area (TPSA) is 207 Å². The molecule has 0 radical (unpaired) electrons. The van der Waals surface area contributed by atoms with Gasteiger partial charge in [0.2, 0.25) is 22.9 Å². The molecule has 0 amide bonds. The number of fused-ring (bicyclic) bond motifs is 2. The van der Waals surface area contributed by atoms with Crippen molar-refractivity contribution in [2.24, 2.45) is 20.5 Å². The fourth-order valence-corrected chi connectivity index (χ4v) is 5.61. The summed E-state index contributed by atoms with van der Waals surface area (Å²) in [6, 6.07) is 0. The molecule has 0 saturated carbocycles. The van der Waals surface area contributed by atoms with Crippen molar-refractivity contribution in [3.8, 4) is 0 Å². The Morgan fingerprint density at radius 2 is 1.10 bits per heavy atom. The van der Waals surface area contributed by atoms with Crippen LogP contribution in [0.25, 0.3) is 21.0 Å². The van der Waals surface area contributed by atoms with Crippen molar-refractivity contribution in [2.45, 2.75) is 106 Å². The van der Waals surface area contributed by atoms with Gasteiger partial charge in [-0.1, -0.05) is 69.7 Å². The molecule has 260 valence electrons. The van der Waals surface area contributed by atoms with E-state index in [9.17, 15) is 0 Å². The third-order valence-electron chi connectivity index (χ3n) is 8.60. The van der Waals surface area contributed by atoms with Crippen LogP contribution in [-0.4, -0.2) is 60.0 Å². The minimum Gasteiger partial charge on any atom is -0.292 e. The van der Waals surface area contributed by atoms with Crippen LogP contribution >= 0.6 is 0 Å². The number of nitrogens with one attached hydrogen (secondary N) is 4. The molecule has 0 aliphatic carbocycles. The predicted octanol–water partition coefficient (Wildman–Crippen LogP) is 8.74. The molecule has 6 rings (SSSR count).